The molecule has 1 amide bonds. The van der Waals surface area contributed by atoms with E-state index in [0.717, 1.165) is 23.8 Å². The first-order valence-electron chi connectivity index (χ1n) is 11.4. The molecule has 1 fully saturated rings. The van der Waals surface area contributed by atoms with Crippen LogP contribution >= 0.6 is 15.9 Å². The first kappa shape index (κ1) is 24.6. The predicted molar refractivity (Wildman–Crippen MR) is 135 cm³/mol. The fraction of sp³-hybridized carbons (Fsp3) is 0.360. The molecule has 1 aromatic heterocycles. The van der Waals surface area contributed by atoms with Gasteiger partial charge in [-0.25, -0.2) is 13.2 Å². The van der Waals surface area contributed by atoms with Gasteiger partial charge in [0.05, 0.1) is 10.9 Å². The second-order valence-corrected chi connectivity index (χ2v) is 11.1. The second-order valence-electron chi connectivity index (χ2n) is 8.40. The summed E-state index contributed by atoms with van der Waals surface area (Å²) in [5.41, 5.74) is 0.895. The number of benzene rings is 2. The Morgan fingerprint density at radius 2 is 1.97 bits per heavy atom. The summed E-state index contributed by atoms with van der Waals surface area (Å²) in [6.07, 6.45) is 5.71. The highest BCUT2D eigenvalue weighted by atomic mass is 79.9. The van der Waals surface area contributed by atoms with Crippen molar-refractivity contribution in [2.75, 3.05) is 6.54 Å². The molecule has 2 unspecified atom stereocenters. The topological polar surface area (TPSA) is 88.6 Å². The van der Waals surface area contributed by atoms with Crippen LogP contribution in [0.5, 0.6) is 0 Å². The molecule has 1 aliphatic rings. The van der Waals surface area contributed by atoms with Crippen LogP contribution in [0.1, 0.15) is 38.2 Å². The van der Waals surface area contributed by atoms with E-state index in [1.165, 1.54) is 0 Å². The number of nitrogens with one attached hydrogen (secondary N) is 1. The van der Waals surface area contributed by atoms with Gasteiger partial charge in [0.25, 0.3) is 0 Å². The van der Waals surface area contributed by atoms with Crippen LogP contribution in [0.2, 0.25) is 0 Å². The van der Waals surface area contributed by atoms with Gasteiger partial charge in [0.15, 0.2) is 0 Å². The Balaban J connectivity index is 1.55. The van der Waals surface area contributed by atoms with Crippen molar-refractivity contribution < 1.29 is 17.9 Å². The molecule has 0 saturated carbocycles. The molecule has 4 rings (SSSR count). The number of nitrogens with zero attached hydrogens (tertiary/aromatic N) is 2. The van der Waals surface area contributed by atoms with Gasteiger partial charge in [-0.3, -0.25) is 4.98 Å². The van der Waals surface area contributed by atoms with Gasteiger partial charge in [0.1, 0.15) is 6.61 Å². The third-order valence-electron chi connectivity index (χ3n) is 6.15. The third kappa shape index (κ3) is 5.26. The molecule has 34 heavy (non-hydrogen) atoms. The molecule has 2 atom stereocenters. The van der Waals surface area contributed by atoms with Gasteiger partial charge in [-0.05, 0) is 40.4 Å². The summed E-state index contributed by atoms with van der Waals surface area (Å²) in [6.45, 7) is 2.57. The van der Waals surface area contributed by atoms with E-state index >= 15 is 0 Å². The molecule has 7 nitrogen and oxygen atoms in total. The van der Waals surface area contributed by atoms with Gasteiger partial charge in [-0.15, -0.1) is 0 Å². The maximum atomic E-state index is 13.9. The number of ether oxygens (including phenoxy) is 1. The number of halogens is 1. The van der Waals surface area contributed by atoms with Crippen molar-refractivity contribution in [2.24, 2.45) is 0 Å². The molecule has 180 valence electrons. The quantitative estimate of drug-likeness (QED) is 0.417. The van der Waals surface area contributed by atoms with E-state index in [9.17, 15) is 13.2 Å². The number of alkyl carbamates (subject to hydrolysis) is 1. The molecule has 1 N–H and O–H groups in total. The van der Waals surface area contributed by atoms with Crippen molar-refractivity contribution in [2.45, 2.75) is 56.2 Å². The molecule has 0 radical (unpaired) electrons. The average Bonchev–Trinajstić information content (AvgIpc) is 3.25. The second kappa shape index (κ2) is 10.8. The Hall–Kier alpha value is -2.49. The van der Waals surface area contributed by atoms with E-state index < -0.39 is 16.1 Å². The average molecular weight is 546 g/mol. The number of carbonyl (C=O) groups is 1. The van der Waals surface area contributed by atoms with Crippen LogP contribution in [0.15, 0.2) is 70.3 Å². The Labute approximate surface area is 208 Å². The summed E-state index contributed by atoms with van der Waals surface area (Å²) in [5.74, 6) is 0. The first-order valence-corrected chi connectivity index (χ1v) is 13.7. The van der Waals surface area contributed by atoms with Crippen LogP contribution in [0.25, 0.3) is 10.8 Å². The van der Waals surface area contributed by atoms with Gasteiger partial charge < -0.3 is 10.1 Å². The fourth-order valence-electron chi connectivity index (χ4n) is 4.47. The number of sulfonamides is 1. The number of fused-ring (bicyclic) bond motifs is 1. The molecule has 0 aliphatic carbocycles. The zero-order valence-electron chi connectivity index (χ0n) is 19.0. The maximum absolute atomic E-state index is 13.9. The molecule has 1 aliphatic heterocycles. The lowest BCUT2D eigenvalue weighted by molar-refractivity contribution is 0.133. The highest BCUT2D eigenvalue weighted by Gasteiger charge is 2.42. The summed E-state index contributed by atoms with van der Waals surface area (Å²) in [6, 6.07) is 14.0. The van der Waals surface area contributed by atoms with Crippen molar-refractivity contribution >= 4 is 42.8 Å². The summed E-state index contributed by atoms with van der Waals surface area (Å²) >= 11 is 3.47. The van der Waals surface area contributed by atoms with Crippen molar-refractivity contribution in [3.05, 3.63) is 71.0 Å². The molecule has 0 spiro atoms. The van der Waals surface area contributed by atoms with Gasteiger partial charge in [0, 0.05) is 40.2 Å². The van der Waals surface area contributed by atoms with E-state index in [4.69, 9.17) is 4.74 Å². The van der Waals surface area contributed by atoms with Crippen LogP contribution in [-0.4, -0.2) is 42.4 Å². The Bertz CT molecular complexity index is 1250. The van der Waals surface area contributed by atoms with Crippen LogP contribution in [-0.2, 0) is 21.4 Å². The smallest absolute Gasteiger partial charge is 0.407 e. The molecule has 2 heterocycles. The van der Waals surface area contributed by atoms with Crippen LogP contribution in [0, 0.1) is 0 Å². The minimum atomic E-state index is -3.81. The lowest BCUT2D eigenvalue weighted by atomic mass is 10.0. The highest BCUT2D eigenvalue weighted by molar-refractivity contribution is 9.10. The fourth-order valence-corrected chi connectivity index (χ4v) is 7.10. The van der Waals surface area contributed by atoms with Crippen LogP contribution in [0.3, 0.4) is 0 Å². The minimum Gasteiger partial charge on any atom is -0.445 e. The SMILES string of the molecule is CCCCC1C(NC(=O)OCc2ccccc2)CCN1S(=O)(=O)c1cccc2cncc(Br)c12. The molecule has 1 saturated heterocycles. The van der Waals surface area contributed by atoms with E-state index in [1.54, 1.807) is 28.8 Å². The number of aromatic nitrogens is 1. The number of carbonyl (C=O) groups excluding carboxylic acids is 1. The van der Waals surface area contributed by atoms with Gasteiger partial charge in [0.2, 0.25) is 10.0 Å². The summed E-state index contributed by atoms with van der Waals surface area (Å²) in [7, 11) is -3.81. The molecular weight excluding hydrogens is 518 g/mol. The number of pyridine rings is 1. The largest absolute Gasteiger partial charge is 0.445 e. The van der Waals surface area contributed by atoms with E-state index in [1.807, 2.05) is 36.4 Å². The standard InChI is InChI=1S/C25H28BrN3O4S/c1-2-3-11-22-21(28-25(30)33-17-18-8-5-4-6-9-18)13-14-29(22)34(31,32)23-12-7-10-19-15-27-16-20(26)24(19)23/h4-10,12,15-16,21-22H,2-3,11,13-14,17H2,1H3,(H,28,30). The first-order chi connectivity index (χ1) is 16.4. The number of unbranched alkanes of at least 4 members (excludes halogenated alkanes) is 1. The van der Waals surface area contributed by atoms with E-state index in [-0.39, 0.29) is 23.6 Å². The van der Waals surface area contributed by atoms with Gasteiger partial charge in [-0.1, -0.05) is 62.2 Å². The highest BCUT2D eigenvalue weighted by Crippen LogP contribution is 2.35. The maximum Gasteiger partial charge on any atom is 0.407 e. The van der Waals surface area contributed by atoms with Gasteiger partial charge >= 0.3 is 6.09 Å². The molecule has 9 heteroatoms. The van der Waals surface area contributed by atoms with Crippen molar-refractivity contribution in [1.29, 1.82) is 0 Å². The van der Waals surface area contributed by atoms with Crippen molar-refractivity contribution in [3.8, 4) is 0 Å². The van der Waals surface area contributed by atoms with Crippen molar-refractivity contribution in [1.82, 2.24) is 14.6 Å². The number of amides is 1. The third-order valence-corrected chi connectivity index (χ3v) is 8.72. The Kier molecular flexibility index (Phi) is 7.85. The molecule has 0 bridgehead atoms. The number of hydrogen-bond acceptors (Lipinski definition) is 5. The Morgan fingerprint density at radius 3 is 2.74 bits per heavy atom. The van der Waals surface area contributed by atoms with Crippen LogP contribution < -0.4 is 5.32 Å². The Morgan fingerprint density at radius 1 is 1.18 bits per heavy atom. The van der Waals surface area contributed by atoms with E-state index in [2.05, 4.69) is 33.2 Å². The number of rotatable bonds is 8. The summed E-state index contributed by atoms with van der Waals surface area (Å²) < 4.78 is 35.3. The zero-order valence-corrected chi connectivity index (χ0v) is 21.4. The molecule has 3 aromatic rings. The monoisotopic (exact) mass is 545 g/mol. The summed E-state index contributed by atoms with van der Waals surface area (Å²) in [4.78, 5) is 16.9. The summed E-state index contributed by atoms with van der Waals surface area (Å²) in [5, 5.41) is 4.29. The molecule has 2 aromatic carbocycles. The van der Waals surface area contributed by atoms with E-state index in [0.29, 0.717) is 29.2 Å². The van der Waals surface area contributed by atoms with Crippen LogP contribution in [0.4, 0.5) is 4.79 Å². The zero-order chi connectivity index (χ0) is 24.1. The lowest BCUT2D eigenvalue weighted by Gasteiger charge is -2.28. The minimum absolute atomic E-state index is 0.166. The van der Waals surface area contributed by atoms with Gasteiger partial charge in [-0.2, -0.15) is 4.31 Å². The predicted octanol–water partition coefficient (Wildman–Crippen LogP) is 5.25. The molecular formula is C25H28BrN3O4S. The lowest BCUT2D eigenvalue weighted by Crippen LogP contribution is -2.46. The normalized spacial score (nSPS) is 18.8. The number of hydrogen-bond donors (Lipinski definition) is 1. The van der Waals surface area contributed by atoms with Crippen molar-refractivity contribution in [3.63, 3.8) is 0 Å².